The molecule has 0 spiro atoms. The Hall–Kier alpha value is -5.03. The summed E-state index contributed by atoms with van der Waals surface area (Å²) in [5.41, 5.74) is 3.53. The molecule has 11 heteroatoms. The number of amides is 1. The van der Waals surface area contributed by atoms with Crippen LogP contribution < -0.4 is 9.62 Å². The predicted octanol–water partition coefficient (Wildman–Crippen LogP) is 6.61. The van der Waals surface area contributed by atoms with Gasteiger partial charge in [0, 0.05) is 47.8 Å². The molecule has 212 valence electrons. The summed E-state index contributed by atoms with van der Waals surface area (Å²) in [5.74, 6) is -0.838. The first-order valence-electron chi connectivity index (χ1n) is 12.7. The molecule has 0 fully saturated rings. The Bertz CT molecular complexity index is 2100. The summed E-state index contributed by atoms with van der Waals surface area (Å²) in [4.78, 5) is 17.7. The number of nitrogens with zero attached hydrogens (tertiary/aromatic N) is 2. The highest BCUT2D eigenvalue weighted by atomic mass is 32.2. The van der Waals surface area contributed by atoms with Crippen molar-refractivity contribution in [2.24, 2.45) is 0 Å². The Morgan fingerprint density at radius 2 is 1.52 bits per heavy atom. The Morgan fingerprint density at radius 1 is 0.881 bits per heavy atom. The van der Waals surface area contributed by atoms with E-state index in [0.717, 1.165) is 10.6 Å². The van der Waals surface area contributed by atoms with Gasteiger partial charge in [-0.15, -0.1) is 0 Å². The molecule has 0 radical (unpaired) electrons. The van der Waals surface area contributed by atoms with E-state index in [1.165, 1.54) is 50.5 Å². The van der Waals surface area contributed by atoms with E-state index in [4.69, 9.17) is 8.83 Å². The highest BCUT2D eigenvalue weighted by molar-refractivity contribution is 7.92. The molecule has 0 bridgehead atoms. The number of oxazole rings is 1. The van der Waals surface area contributed by atoms with Crippen molar-refractivity contribution < 1.29 is 30.8 Å². The first-order chi connectivity index (χ1) is 20.0. The molecule has 0 aliphatic carbocycles. The van der Waals surface area contributed by atoms with Crippen molar-refractivity contribution >= 4 is 43.7 Å². The number of sulfonamides is 1. The smallest absolute Gasteiger partial charge is 0.255 e. The van der Waals surface area contributed by atoms with E-state index in [1.54, 1.807) is 42.5 Å². The summed E-state index contributed by atoms with van der Waals surface area (Å²) in [6.45, 7) is 0. The fourth-order valence-corrected chi connectivity index (χ4v) is 5.33. The Labute approximate surface area is 239 Å². The average Bonchev–Trinajstić information content (AvgIpc) is 3.57. The molecule has 2 heterocycles. The topological polar surface area (TPSA) is 106 Å². The van der Waals surface area contributed by atoms with Gasteiger partial charge in [-0.2, -0.15) is 0 Å². The monoisotopic (exact) mass is 587 g/mol. The number of benzene rings is 4. The molecule has 4 aromatic carbocycles. The van der Waals surface area contributed by atoms with Crippen LogP contribution in [0.5, 0.6) is 0 Å². The Kier molecular flexibility index (Phi) is 6.53. The van der Waals surface area contributed by atoms with Crippen LogP contribution >= 0.6 is 0 Å². The lowest BCUT2D eigenvalue weighted by Crippen LogP contribution is -2.25. The predicted molar refractivity (Wildman–Crippen MR) is 157 cm³/mol. The zero-order valence-corrected chi connectivity index (χ0v) is 23.4. The molecule has 0 saturated heterocycles. The van der Waals surface area contributed by atoms with Gasteiger partial charge in [-0.3, -0.25) is 9.10 Å². The van der Waals surface area contributed by atoms with Crippen molar-refractivity contribution in [1.29, 1.82) is 0 Å². The number of rotatable bonds is 6. The second kappa shape index (κ2) is 10.1. The van der Waals surface area contributed by atoms with E-state index < -0.39 is 27.6 Å². The molecule has 2 aromatic heterocycles. The molecule has 0 atom stereocenters. The third kappa shape index (κ3) is 4.67. The van der Waals surface area contributed by atoms with Crippen molar-refractivity contribution in [2.75, 3.05) is 24.7 Å². The number of fused-ring (bicyclic) bond motifs is 2. The average molecular weight is 588 g/mol. The van der Waals surface area contributed by atoms with Crippen LogP contribution in [0, 0.1) is 11.6 Å². The molecular formula is C31H23F2N3O5S. The summed E-state index contributed by atoms with van der Waals surface area (Å²) >= 11 is 0. The molecule has 1 amide bonds. The number of furan rings is 1. The lowest BCUT2D eigenvalue weighted by Gasteiger charge is -2.20. The lowest BCUT2D eigenvalue weighted by atomic mass is 9.98. The van der Waals surface area contributed by atoms with Crippen LogP contribution in [0.1, 0.15) is 10.4 Å². The second-order valence-corrected chi connectivity index (χ2v) is 11.7. The summed E-state index contributed by atoms with van der Waals surface area (Å²) in [6, 6.07) is 19.7. The van der Waals surface area contributed by atoms with Gasteiger partial charge in [0.1, 0.15) is 28.5 Å². The Morgan fingerprint density at radius 3 is 2.14 bits per heavy atom. The van der Waals surface area contributed by atoms with E-state index in [9.17, 15) is 22.0 Å². The Balaban J connectivity index is 1.65. The van der Waals surface area contributed by atoms with Crippen LogP contribution in [0.2, 0.25) is 0 Å². The maximum absolute atomic E-state index is 13.7. The highest BCUT2D eigenvalue weighted by Gasteiger charge is 2.27. The maximum atomic E-state index is 13.7. The normalized spacial score (nSPS) is 11.7. The molecule has 0 saturated carbocycles. The van der Waals surface area contributed by atoms with Crippen LogP contribution in [0.15, 0.2) is 87.7 Å². The molecule has 6 aromatic rings. The van der Waals surface area contributed by atoms with Crippen molar-refractivity contribution in [3.63, 3.8) is 0 Å². The summed E-state index contributed by atoms with van der Waals surface area (Å²) in [5, 5.41) is 3.03. The minimum atomic E-state index is -3.74. The number of halogens is 2. The SMILES string of the molecule is CNC(=O)c1c(-c2ccc(F)cc2)oc2cc(N(C)S(C)(=O)=O)c(-c3cccc4nc(-c5ccc(F)cc5)oc34)cc12. The van der Waals surface area contributed by atoms with Crippen molar-refractivity contribution in [1.82, 2.24) is 10.3 Å². The van der Waals surface area contributed by atoms with Crippen LogP contribution in [0.3, 0.4) is 0 Å². The minimum Gasteiger partial charge on any atom is -0.455 e. The van der Waals surface area contributed by atoms with E-state index in [-0.39, 0.29) is 28.5 Å². The molecule has 1 N–H and O–H groups in total. The van der Waals surface area contributed by atoms with Crippen molar-refractivity contribution in [3.05, 3.63) is 96.1 Å². The number of hydrogen-bond acceptors (Lipinski definition) is 6. The second-order valence-electron chi connectivity index (χ2n) is 9.67. The summed E-state index contributed by atoms with van der Waals surface area (Å²) in [7, 11) is -0.851. The number of nitrogens with one attached hydrogen (secondary N) is 1. The van der Waals surface area contributed by atoms with Gasteiger partial charge in [-0.1, -0.05) is 12.1 Å². The third-order valence-electron chi connectivity index (χ3n) is 7.00. The van der Waals surface area contributed by atoms with E-state index in [0.29, 0.717) is 38.7 Å². The number of aromatic nitrogens is 1. The van der Waals surface area contributed by atoms with Gasteiger partial charge < -0.3 is 14.2 Å². The molecular weight excluding hydrogens is 564 g/mol. The van der Waals surface area contributed by atoms with Gasteiger partial charge in [-0.05, 0) is 60.7 Å². The standard InChI is InChI=1S/C31H23F2N3O5S/c1-34-30(37)27-23-15-22(21-5-4-6-24-29(21)41-31(35-24)18-9-13-20(33)14-10-18)25(36(2)42(3,38)39)16-26(23)40-28(27)17-7-11-19(32)12-8-17/h4-16H,1-3H3,(H,34,37). The lowest BCUT2D eigenvalue weighted by molar-refractivity contribution is 0.0964. The van der Waals surface area contributed by atoms with Crippen LogP contribution in [0.4, 0.5) is 14.5 Å². The first kappa shape index (κ1) is 27.2. The minimum absolute atomic E-state index is 0.200. The van der Waals surface area contributed by atoms with Gasteiger partial charge in [0.2, 0.25) is 15.9 Å². The fourth-order valence-electron chi connectivity index (χ4n) is 4.82. The van der Waals surface area contributed by atoms with Gasteiger partial charge in [0.05, 0.1) is 17.5 Å². The highest BCUT2D eigenvalue weighted by Crippen LogP contribution is 2.43. The van der Waals surface area contributed by atoms with Crippen LogP contribution in [-0.4, -0.2) is 39.7 Å². The van der Waals surface area contributed by atoms with E-state index >= 15 is 0 Å². The van der Waals surface area contributed by atoms with E-state index in [2.05, 4.69) is 10.3 Å². The van der Waals surface area contributed by atoms with Gasteiger partial charge in [0.25, 0.3) is 5.91 Å². The number of para-hydroxylation sites is 1. The van der Waals surface area contributed by atoms with Crippen LogP contribution in [0.25, 0.3) is 56.0 Å². The largest absolute Gasteiger partial charge is 0.455 e. The zero-order chi connectivity index (χ0) is 29.8. The zero-order valence-electron chi connectivity index (χ0n) is 22.6. The molecule has 8 nitrogen and oxygen atoms in total. The van der Waals surface area contributed by atoms with Crippen molar-refractivity contribution in [3.8, 4) is 33.9 Å². The molecule has 42 heavy (non-hydrogen) atoms. The summed E-state index contributed by atoms with van der Waals surface area (Å²) < 4.78 is 66.1. The number of carbonyl (C=O) groups is 1. The van der Waals surface area contributed by atoms with Crippen LogP contribution in [-0.2, 0) is 10.0 Å². The molecule has 0 unspecified atom stereocenters. The third-order valence-corrected chi connectivity index (χ3v) is 8.19. The number of hydrogen-bond donors (Lipinski definition) is 1. The van der Waals surface area contributed by atoms with Gasteiger partial charge in [-0.25, -0.2) is 22.2 Å². The van der Waals surface area contributed by atoms with Crippen molar-refractivity contribution in [2.45, 2.75) is 0 Å². The molecule has 0 aliphatic heterocycles. The maximum Gasteiger partial charge on any atom is 0.255 e. The molecule has 0 aliphatic rings. The van der Waals surface area contributed by atoms with Gasteiger partial charge in [0.15, 0.2) is 5.58 Å². The summed E-state index contributed by atoms with van der Waals surface area (Å²) in [6.07, 6.45) is 1.07. The fraction of sp³-hybridized carbons (Fsp3) is 0.0968. The van der Waals surface area contributed by atoms with E-state index in [1.807, 2.05) is 0 Å². The quantitative estimate of drug-likeness (QED) is 0.235. The first-order valence-corrected chi connectivity index (χ1v) is 14.6. The number of anilines is 1. The van der Waals surface area contributed by atoms with Gasteiger partial charge >= 0.3 is 0 Å². The number of carbonyl (C=O) groups excluding carboxylic acids is 1. The molecule has 6 rings (SSSR count).